The maximum atomic E-state index is 11.7. The molecule has 0 aliphatic carbocycles. The van der Waals surface area contributed by atoms with E-state index >= 15 is 0 Å². The fourth-order valence-electron chi connectivity index (χ4n) is 1.94. The Labute approximate surface area is 115 Å². The van der Waals surface area contributed by atoms with E-state index < -0.39 is 5.41 Å². The molecule has 0 saturated carbocycles. The standard InChI is InChI=1S/C13H25N5O/c1-13(2,11(19)14-3)9-15-7-10-8-16-12(17(4)5)18(10)6/h8,15H,7,9H2,1-6H3,(H,14,19). The fraction of sp³-hybridized carbons (Fsp3) is 0.692. The molecule has 2 N–H and O–H groups in total. The number of imidazole rings is 1. The van der Waals surface area contributed by atoms with E-state index in [0.717, 1.165) is 11.6 Å². The van der Waals surface area contributed by atoms with Crippen LogP contribution in [-0.2, 0) is 18.4 Å². The van der Waals surface area contributed by atoms with E-state index in [-0.39, 0.29) is 5.91 Å². The molecule has 0 unspecified atom stereocenters. The number of anilines is 1. The van der Waals surface area contributed by atoms with Crippen LogP contribution in [0.3, 0.4) is 0 Å². The highest BCUT2D eigenvalue weighted by Crippen LogP contribution is 2.14. The van der Waals surface area contributed by atoms with Gasteiger partial charge in [-0.05, 0) is 13.8 Å². The maximum absolute atomic E-state index is 11.7. The molecule has 1 heterocycles. The molecule has 0 atom stereocenters. The zero-order chi connectivity index (χ0) is 14.6. The first-order chi connectivity index (χ1) is 8.79. The number of nitrogens with one attached hydrogen (secondary N) is 2. The highest BCUT2D eigenvalue weighted by Gasteiger charge is 2.25. The summed E-state index contributed by atoms with van der Waals surface area (Å²) >= 11 is 0. The van der Waals surface area contributed by atoms with Gasteiger partial charge >= 0.3 is 0 Å². The number of carbonyl (C=O) groups excluding carboxylic acids is 1. The van der Waals surface area contributed by atoms with Gasteiger partial charge in [-0.15, -0.1) is 0 Å². The lowest BCUT2D eigenvalue weighted by Gasteiger charge is -2.23. The summed E-state index contributed by atoms with van der Waals surface area (Å²) in [6.07, 6.45) is 1.86. The molecule has 1 rings (SSSR count). The summed E-state index contributed by atoms with van der Waals surface area (Å²) in [6, 6.07) is 0. The Morgan fingerprint density at radius 3 is 2.58 bits per heavy atom. The van der Waals surface area contributed by atoms with Crippen LogP contribution in [0.4, 0.5) is 5.95 Å². The van der Waals surface area contributed by atoms with Gasteiger partial charge in [0.15, 0.2) is 0 Å². The molecule has 0 fully saturated rings. The topological polar surface area (TPSA) is 62.2 Å². The van der Waals surface area contributed by atoms with Crippen molar-refractivity contribution in [2.75, 3.05) is 32.6 Å². The summed E-state index contributed by atoms with van der Waals surface area (Å²) in [6.45, 7) is 5.16. The summed E-state index contributed by atoms with van der Waals surface area (Å²) in [5.74, 6) is 0.960. The van der Waals surface area contributed by atoms with Crippen LogP contribution in [0, 0.1) is 5.41 Å². The average molecular weight is 267 g/mol. The molecule has 19 heavy (non-hydrogen) atoms. The first-order valence-corrected chi connectivity index (χ1v) is 6.40. The van der Waals surface area contributed by atoms with Gasteiger partial charge in [0.05, 0.1) is 17.3 Å². The Balaban J connectivity index is 2.57. The molecule has 0 radical (unpaired) electrons. The van der Waals surface area contributed by atoms with Crippen molar-refractivity contribution in [3.05, 3.63) is 11.9 Å². The van der Waals surface area contributed by atoms with Crippen molar-refractivity contribution < 1.29 is 4.79 Å². The van der Waals surface area contributed by atoms with E-state index in [1.165, 1.54) is 0 Å². The van der Waals surface area contributed by atoms with Crippen molar-refractivity contribution in [2.24, 2.45) is 12.5 Å². The van der Waals surface area contributed by atoms with Gasteiger partial charge in [-0.2, -0.15) is 0 Å². The van der Waals surface area contributed by atoms with Crippen molar-refractivity contribution in [3.8, 4) is 0 Å². The number of carbonyl (C=O) groups is 1. The van der Waals surface area contributed by atoms with Crippen molar-refractivity contribution in [1.29, 1.82) is 0 Å². The summed E-state index contributed by atoms with van der Waals surface area (Å²) in [4.78, 5) is 18.0. The zero-order valence-corrected chi connectivity index (χ0v) is 12.7. The van der Waals surface area contributed by atoms with Gasteiger partial charge in [-0.3, -0.25) is 4.79 Å². The van der Waals surface area contributed by atoms with Crippen LogP contribution >= 0.6 is 0 Å². The largest absolute Gasteiger partial charge is 0.359 e. The Hall–Kier alpha value is -1.56. The van der Waals surface area contributed by atoms with E-state index in [9.17, 15) is 4.79 Å². The van der Waals surface area contributed by atoms with Gasteiger partial charge < -0.3 is 20.1 Å². The molecule has 0 aliphatic heterocycles. The lowest BCUT2D eigenvalue weighted by atomic mass is 9.92. The first-order valence-electron chi connectivity index (χ1n) is 6.40. The molecule has 0 bridgehead atoms. The smallest absolute Gasteiger partial charge is 0.226 e. The van der Waals surface area contributed by atoms with Crippen molar-refractivity contribution >= 4 is 11.9 Å². The second-order valence-electron chi connectivity index (χ2n) is 5.57. The van der Waals surface area contributed by atoms with Crippen LogP contribution in [0.1, 0.15) is 19.5 Å². The van der Waals surface area contributed by atoms with Crippen LogP contribution in [-0.4, -0.2) is 43.1 Å². The third-order valence-electron chi connectivity index (χ3n) is 3.17. The minimum absolute atomic E-state index is 0.0407. The second kappa shape index (κ2) is 6.06. The lowest BCUT2D eigenvalue weighted by molar-refractivity contribution is -0.128. The molecule has 0 spiro atoms. The summed E-state index contributed by atoms with van der Waals surface area (Å²) in [5.41, 5.74) is 0.675. The van der Waals surface area contributed by atoms with E-state index in [1.807, 2.05) is 50.7 Å². The minimum Gasteiger partial charge on any atom is -0.359 e. The van der Waals surface area contributed by atoms with E-state index in [4.69, 9.17) is 0 Å². The summed E-state index contributed by atoms with van der Waals surface area (Å²) in [7, 11) is 7.58. The highest BCUT2D eigenvalue weighted by molar-refractivity contribution is 5.81. The molecule has 0 aromatic carbocycles. The molecule has 1 amide bonds. The SMILES string of the molecule is CNC(=O)C(C)(C)CNCc1cnc(N(C)C)n1C. The summed E-state index contributed by atoms with van der Waals surface area (Å²) in [5, 5.41) is 5.99. The van der Waals surface area contributed by atoms with Gasteiger partial charge in [0.1, 0.15) is 0 Å². The number of hydrogen-bond donors (Lipinski definition) is 2. The second-order valence-corrected chi connectivity index (χ2v) is 5.57. The van der Waals surface area contributed by atoms with Crippen LogP contribution < -0.4 is 15.5 Å². The molecular weight excluding hydrogens is 242 g/mol. The maximum Gasteiger partial charge on any atom is 0.226 e. The van der Waals surface area contributed by atoms with Gasteiger partial charge in [0.2, 0.25) is 11.9 Å². The Morgan fingerprint density at radius 1 is 1.47 bits per heavy atom. The van der Waals surface area contributed by atoms with Gasteiger partial charge in [-0.25, -0.2) is 4.98 Å². The number of hydrogen-bond acceptors (Lipinski definition) is 4. The third-order valence-corrected chi connectivity index (χ3v) is 3.17. The zero-order valence-electron chi connectivity index (χ0n) is 12.7. The predicted octanol–water partition coefficient (Wildman–Crippen LogP) is 0.348. The molecule has 1 aromatic rings. The monoisotopic (exact) mass is 267 g/mol. The van der Waals surface area contributed by atoms with Gasteiger partial charge in [0.25, 0.3) is 0 Å². The van der Waals surface area contributed by atoms with Crippen molar-refractivity contribution in [1.82, 2.24) is 20.2 Å². The number of aromatic nitrogens is 2. The molecule has 108 valence electrons. The Morgan fingerprint density at radius 2 is 2.11 bits per heavy atom. The van der Waals surface area contributed by atoms with Crippen LogP contribution in [0.15, 0.2) is 6.20 Å². The van der Waals surface area contributed by atoms with Crippen LogP contribution in [0.25, 0.3) is 0 Å². The molecular formula is C13H25N5O. The molecule has 6 nitrogen and oxygen atoms in total. The Kier molecular flexibility index (Phi) is 4.94. The average Bonchev–Trinajstić information content (AvgIpc) is 2.70. The van der Waals surface area contributed by atoms with E-state index in [0.29, 0.717) is 13.1 Å². The molecule has 0 saturated heterocycles. The minimum atomic E-state index is -0.419. The predicted molar refractivity (Wildman–Crippen MR) is 77.1 cm³/mol. The van der Waals surface area contributed by atoms with Gasteiger partial charge in [0, 0.05) is 41.3 Å². The third kappa shape index (κ3) is 3.70. The Bertz CT molecular complexity index is 436. The number of rotatable bonds is 6. The van der Waals surface area contributed by atoms with Gasteiger partial charge in [-0.1, -0.05) is 0 Å². The molecule has 0 aliphatic rings. The normalized spacial score (nSPS) is 11.5. The molecule has 1 aromatic heterocycles. The highest BCUT2D eigenvalue weighted by atomic mass is 16.2. The number of amides is 1. The molecule has 6 heteroatoms. The van der Waals surface area contributed by atoms with Crippen LogP contribution in [0.2, 0.25) is 0 Å². The summed E-state index contributed by atoms with van der Waals surface area (Å²) < 4.78 is 2.04. The number of nitrogens with zero attached hydrogens (tertiary/aromatic N) is 3. The fourth-order valence-corrected chi connectivity index (χ4v) is 1.94. The van der Waals surface area contributed by atoms with Crippen molar-refractivity contribution in [2.45, 2.75) is 20.4 Å². The van der Waals surface area contributed by atoms with E-state index in [1.54, 1.807) is 7.05 Å². The van der Waals surface area contributed by atoms with Crippen LogP contribution in [0.5, 0.6) is 0 Å². The van der Waals surface area contributed by atoms with E-state index in [2.05, 4.69) is 15.6 Å². The first kappa shape index (κ1) is 15.5. The van der Waals surface area contributed by atoms with Crippen molar-refractivity contribution in [3.63, 3.8) is 0 Å². The quantitative estimate of drug-likeness (QED) is 0.780. The lowest BCUT2D eigenvalue weighted by Crippen LogP contribution is -2.42.